The minimum Gasteiger partial charge on any atom is -0.481 e. The Balaban J connectivity index is 2.07. The van der Waals surface area contributed by atoms with E-state index in [2.05, 4.69) is 0 Å². The zero-order valence-corrected chi connectivity index (χ0v) is 11.8. The van der Waals surface area contributed by atoms with E-state index in [4.69, 9.17) is 5.11 Å². The van der Waals surface area contributed by atoms with Gasteiger partial charge in [-0.05, 0) is 25.0 Å². The second-order valence-corrected chi connectivity index (χ2v) is 5.69. The van der Waals surface area contributed by atoms with E-state index in [9.17, 15) is 9.90 Å². The second-order valence-electron chi connectivity index (χ2n) is 5.69. The van der Waals surface area contributed by atoms with E-state index in [1.165, 1.54) is 6.42 Å². The molecule has 1 aliphatic carbocycles. The highest BCUT2D eigenvalue weighted by atomic mass is 16.4. The topological polar surface area (TPSA) is 60.8 Å². The van der Waals surface area contributed by atoms with Gasteiger partial charge in [-0.2, -0.15) is 0 Å². The van der Waals surface area contributed by atoms with E-state index in [1.807, 2.05) is 35.2 Å². The number of carboxylic acid groups (broad SMARTS) is 1. The summed E-state index contributed by atoms with van der Waals surface area (Å²) in [7, 11) is 0. The number of aliphatic hydroxyl groups is 1. The monoisotopic (exact) mass is 277 g/mol. The Hall–Kier alpha value is -1.55. The number of para-hydroxylation sites is 1. The fraction of sp³-hybridized carbons (Fsp3) is 0.562. The van der Waals surface area contributed by atoms with E-state index in [-0.39, 0.29) is 6.42 Å². The van der Waals surface area contributed by atoms with Gasteiger partial charge in [-0.1, -0.05) is 37.5 Å². The molecular formula is C16H23NO3. The van der Waals surface area contributed by atoms with Crippen molar-refractivity contribution in [2.24, 2.45) is 0 Å². The van der Waals surface area contributed by atoms with Crippen molar-refractivity contribution in [1.82, 2.24) is 0 Å². The van der Waals surface area contributed by atoms with Gasteiger partial charge in [0.1, 0.15) is 0 Å². The fourth-order valence-corrected chi connectivity index (χ4v) is 2.89. The summed E-state index contributed by atoms with van der Waals surface area (Å²) in [6.07, 6.45) is 5.00. The van der Waals surface area contributed by atoms with Crippen molar-refractivity contribution in [2.75, 3.05) is 18.0 Å². The van der Waals surface area contributed by atoms with Gasteiger partial charge in [-0.15, -0.1) is 0 Å². The third-order valence-corrected chi connectivity index (χ3v) is 3.99. The standard InChI is InChI=1S/C16H23NO3/c18-15(19)9-12-17(14-7-3-1-4-8-14)13-16(20)10-5-2-6-11-16/h1,3-4,7-8,20H,2,5-6,9-13H2,(H,18,19). The van der Waals surface area contributed by atoms with Crippen molar-refractivity contribution < 1.29 is 15.0 Å². The van der Waals surface area contributed by atoms with Crippen LogP contribution in [0.1, 0.15) is 38.5 Å². The average Bonchev–Trinajstić information content (AvgIpc) is 2.45. The number of carboxylic acids is 1. The van der Waals surface area contributed by atoms with Crippen LogP contribution < -0.4 is 4.90 Å². The highest BCUT2D eigenvalue weighted by Gasteiger charge is 2.31. The molecule has 1 aromatic carbocycles. The Morgan fingerprint density at radius 1 is 1.15 bits per heavy atom. The highest BCUT2D eigenvalue weighted by Crippen LogP contribution is 2.30. The second kappa shape index (κ2) is 6.75. The zero-order chi connectivity index (χ0) is 14.4. The molecule has 110 valence electrons. The van der Waals surface area contributed by atoms with Gasteiger partial charge < -0.3 is 15.1 Å². The first kappa shape index (κ1) is 14.9. The first-order chi connectivity index (χ1) is 9.59. The third-order valence-electron chi connectivity index (χ3n) is 3.99. The molecule has 0 amide bonds. The molecule has 2 N–H and O–H groups in total. The molecule has 0 heterocycles. The Labute approximate surface area is 120 Å². The maximum absolute atomic E-state index is 10.8. The molecule has 1 fully saturated rings. The Morgan fingerprint density at radius 3 is 2.40 bits per heavy atom. The van der Waals surface area contributed by atoms with E-state index >= 15 is 0 Å². The molecule has 0 spiro atoms. The van der Waals surface area contributed by atoms with Crippen LogP contribution >= 0.6 is 0 Å². The van der Waals surface area contributed by atoms with Gasteiger partial charge in [-0.25, -0.2) is 0 Å². The summed E-state index contributed by atoms with van der Waals surface area (Å²) < 4.78 is 0. The van der Waals surface area contributed by atoms with Gasteiger partial charge >= 0.3 is 5.97 Å². The van der Waals surface area contributed by atoms with Crippen molar-refractivity contribution in [1.29, 1.82) is 0 Å². The molecule has 0 radical (unpaired) electrons. The van der Waals surface area contributed by atoms with Crippen LogP contribution in [0.2, 0.25) is 0 Å². The molecule has 1 aromatic rings. The molecule has 0 unspecified atom stereocenters. The number of hydrogen-bond acceptors (Lipinski definition) is 3. The van der Waals surface area contributed by atoms with Crippen LogP contribution in [0, 0.1) is 0 Å². The lowest BCUT2D eigenvalue weighted by Crippen LogP contribution is -2.45. The predicted octanol–water partition coefficient (Wildman–Crippen LogP) is 2.66. The Bertz CT molecular complexity index is 427. The fourth-order valence-electron chi connectivity index (χ4n) is 2.89. The molecule has 0 aliphatic heterocycles. The normalized spacial score (nSPS) is 17.6. The minimum absolute atomic E-state index is 0.0883. The number of carbonyl (C=O) groups is 1. The predicted molar refractivity (Wildman–Crippen MR) is 78.9 cm³/mol. The largest absolute Gasteiger partial charge is 0.481 e. The molecule has 1 saturated carbocycles. The Kier molecular flexibility index (Phi) is 5.01. The lowest BCUT2D eigenvalue weighted by Gasteiger charge is -2.38. The molecule has 2 rings (SSSR count). The van der Waals surface area contributed by atoms with E-state index in [1.54, 1.807) is 0 Å². The first-order valence-corrected chi connectivity index (χ1v) is 7.33. The van der Waals surface area contributed by atoms with Gasteiger partial charge in [0.25, 0.3) is 0 Å². The molecule has 4 heteroatoms. The molecule has 0 saturated heterocycles. The summed E-state index contributed by atoms with van der Waals surface area (Å²) in [5.41, 5.74) is 0.305. The van der Waals surface area contributed by atoms with Crippen molar-refractivity contribution in [3.63, 3.8) is 0 Å². The van der Waals surface area contributed by atoms with Crippen molar-refractivity contribution in [3.05, 3.63) is 30.3 Å². The summed E-state index contributed by atoms with van der Waals surface area (Å²) in [6.45, 7) is 0.950. The van der Waals surface area contributed by atoms with Crippen LogP contribution in [0.3, 0.4) is 0 Å². The summed E-state index contributed by atoms with van der Waals surface area (Å²) in [6, 6.07) is 9.75. The maximum atomic E-state index is 10.8. The number of benzene rings is 1. The van der Waals surface area contributed by atoms with Crippen molar-refractivity contribution >= 4 is 11.7 Å². The quantitative estimate of drug-likeness (QED) is 0.839. The van der Waals surface area contributed by atoms with E-state index in [0.29, 0.717) is 13.1 Å². The molecular weight excluding hydrogens is 254 g/mol. The average molecular weight is 277 g/mol. The van der Waals surface area contributed by atoms with Crippen LogP contribution in [0.4, 0.5) is 5.69 Å². The van der Waals surface area contributed by atoms with Crippen molar-refractivity contribution in [2.45, 2.75) is 44.1 Å². The van der Waals surface area contributed by atoms with E-state index < -0.39 is 11.6 Å². The van der Waals surface area contributed by atoms with E-state index in [0.717, 1.165) is 31.4 Å². The summed E-state index contributed by atoms with van der Waals surface area (Å²) in [5, 5.41) is 19.6. The number of rotatable bonds is 6. The number of nitrogens with zero attached hydrogens (tertiary/aromatic N) is 1. The SMILES string of the molecule is O=C(O)CCN(CC1(O)CCCCC1)c1ccccc1. The maximum Gasteiger partial charge on any atom is 0.305 e. The third kappa shape index (κ3) is 4.23. The van der Waals surface area contributed by atoms with Gasteiger partial charge in [0.15, 0.2) is 0 Å². The van der Waals surface area contributed by atoms with Gasteiger partial charge in [-0.3, -0.25) is 4.79 Å². The summed E-state index contributed by atoms with van der Waals surface area (Å²) in [4.78, 5) is 12.8. The van der Waals surface area contributed by atoms with Gasteiger partial charge in [0, 0.05) is 18.8 Å². The van der Waals surface area contributed by atoms with Gasteiger partial charge in [0.2, 0.25) is 0 Å². The lowest BCUT2D eigenvalue weighted by atomic mass is 9.84. The van der Waals surface area contributed by atoms with Gasteiger partial charge in [0.05, 0.1) is 12.0 Å². The zero-order valence-electron chi connectivity index (χ0n) is 11.8. The number of hydrogen-bond donors (Lipinski definition) is 2. The molecule has 1 aliphatic rings. The van der Waals surface area contributed by atoms with Crippen LogP contribution in [0.15, 0.2) is 30.3 Å². The Morgan fingerprint density at radius 2 is 1.80 bits per heavy atom. The van der Waals surface area contributed by atoms with Crippen LogP contribution in [-0.4, -0.2) is 34.9 Å². The molecule has 20 heavy (non-hydrogen) atoms. The number of anilines is 1. The smallest absolute Gasteiger partial charge is 0.305 e. The van der Waals surface area contributed by atoms with Crippen LogP contribution in [0.5, 0.6) is 0 Å². The van der Waals surface area contributed by atoms with Crippen LogP contribution in [-0.2, 0) is 4.79 Å². The molecule has 0 bridgehead atoms. The lowest BCUT2D eigenvalue weighted by molar-refractivity contribution is -0.136. The minimum atomic E-state index is -0.804. The summed E-state index contributed by atoms with van der Waals surface area (Å²) in [5.74, 6) is -0.804. The number of aliphatic carboxylic acids is 1. The van der Waals surface area contributed by atoms with Crippen molar-refractivity contribution in [3.8, 4) is 0 Å². The molecule has 0 atom stereocenters. The van der Waals surface area contributed by atoms with Crippen LogP contribution in [0.25, 0.3) is 0 Å². The highest BCUT2D eigenvalue weighted by molar-refractivity contribution is 5.67. The molecule has 0 aromatic heterocycles. The summed E-state index contributed by atoms with van der Waals surface area (Å²) >= 11 is 0. The first-order valence-electron chi connectivity index (χ1n) is 7.33. The molecule has 4 nitrogen and oxygen atoms in total.